The van der Waals surface area contributed by atoms with Crippen LogP contribution in [0.15, 0.2) is 35.4 Å². The lowest BCUT2D eigenvalue weighted by Gasteiger charge is -2.11. The average molecular weight is 381 g/mol. The van der Waals surface area contributed by atoms with Gasteiger partial charge in [-0.1, -0.05) is 12.1 Å². The van der Waals surface area contributed by atoms with Gasteiger partial charge >= 0.3 is 0 Å². The Kier molecular flexibility index (Phi) is 4.61. The molecule has 27 heavy (non-hydrogen) atoms. The maximum absolute atomic E-state index is 12.9. The van der Waals surface area contributed by atoms with Crippen LogP contribution < -0.4 is 10.9 Å². The number of rotatable bonds is 4. The van der Waals surface area contributed by atoms with Crippen LogP contribution in [0.2, 0.25) is 0 Å². The van der Waals surface area contributed by atoms with Crippen LogP contribution in [0.25, 0.3) is 10.2 Å². The highest BCUT2D eigenvalue weighted by Gasteiger charge is 2.20. The fourth-order valence-electron chi connectivity index (χ4n) is 3.54. The van der Waals surface area contributed by atoms with Gasteiger partial charge in [0.25, 0.3) is 5.56 Å². The molecule has 0 bridgehead atoms. The summed E-state index contributed by atoms with van der Waals surface area (Å²) in [6, 6.07) is 6.83. The quantitative estimate of drug-likeness (QED) is 0.704. The molecule has 0 spiro atoms. The second-order valence-corrected chi connectivity index (χ2v) is 7.80. The Morgan fingerprint density at radius 3 is 2.81 bits per heavy atom. The molecule has 1 aliphatic carbocycles. The molecule has 6 nitrogen and oxygen atoms in total. The van der Waals surface area contributed by atoms with Gasteiger partial charge < -0.3 is 5.32 Å². The summed E-state index contributed by atoms with van der Waals surface area (Å²) >= 11 is 1.59. The third-order valence-electron chi connectivity index (χ3n) is 4.84. The summed E-state index contributed by atoms with van der Waals surface area (Å²) in [7, 11) is 0. The Hall–Kier alpha value is -2.80. The maximum atomic E-state index is 12.9. The lowest BCUT2D eigenvalue weighted by atomic mass is 9.97. The molecule has 0 radical (unpaired) electrons. The SMILES string of the molecule is CC(=O)c1ccccc1NC(=O)Cn1cnc2sc3c(c2c1=O)CCCC3. The third-order valence-corrected chi connectivity index (χ3v) is 6.04. The van der Waals surface area contributed by atoms with E-state index in [1.54, 1.807) is 35.6 Å². The number of para-hydroxylation sites is 1. The van der Waals surface area contributed by atoms with Crippen LogP contribution in [0.4, 0.5) is 5.69 Å². The summed E-state index contributed by atoms with van der Waals surface area (Å²) < 4.78 is 1.34. The number of aromatic nitrogens is 2. The van der Waals surface area contributed by atoms with Gasteiger partial charge in [-0.15, -0.1) is 11.3 Å². The maximum Gasteiger partial charge on any atom is 0.262 e. The molecule has 4 rings (SSSR count). The second kappa shape index (κ2) is 7.08. The number of amides is 1. The second-order valence-electron chi connectivity index (χ2n) is 6.72. The molecule has 1 amide bonds. The van der Waals surface area contributed by atoms with Crippen molar-refractivity contribution in [3.63, 3.8) is 0 Å². The van der Waals surface area contributed by atoms with E-state index in [0.29, 0.717) is 16.6 Å². The first-order valence-electron chi connectivity index (χ1n) is 8.94. The summed E-state index contributed by atoms with van der Waals surface area (Å²) in [5.74, 6) is -0.493. The number of Topliss-reactive ketones (excluding diaryl/α,β-unsaturated/α-hetero) is 1. The largest absolute Gasteiger partial charge is 0.324 e. The van der Waals surface area contributed by atoms with E-state index in [1.165, 1.54) is 22.7 Å². The lowest BCUT2D eigenvalue weighted by molar-refractivity contribution is -0.116. The Morgan fingerprint density at radius 1 is 1.22 bits per heavy atom. The molecule has 0 saturated carbocycles. The molecule has 7 heteroatoms. The summed E-state index contributed by atoms with van der Waals surface area (Å²) in [6.45, 7) is 1.31. The highest BCUT2D eigenvalue weighted by Crippen LogP contribution is 2.33. The standard InChI is InChI=1S/C20H19N3O3S/c1-12(24)13-6-2-4-8-15(13)22-17(25)10-23-11-21-19-18(20(23)26)14-7-3-5-9-16(14)27-19/h2,4,6,8,11H,3,5,7,9-10H2,1H3,(H,22,25). The van der Waals surface area contributed by atoms with Crippen LogP contribution in [0.1, 0.15) is 40.6 Å². The Balaban J connectivity index is 1.62. The summed E-state index contributed by atoms with van der Waals surface area (Å²) in [5.41, 5.74) is 1.83. The predicted molar refractivity (Wildman–Crippen MR) is 106 cm³/mol. The zero-order valence-corrected chi connectivity index (χ0v) is 15.8. The number of anilines is 1. The van der Waals surface area contributed by atoms with Crippen LogP contribution in [0.5, 0.6) is 0 Å². The van der Waals surface area contributed by atoms with E-state index in [1.807, 2.05) is 0 Å². The minimum atomic E-state index is -0.365. The van der Waals surface area contributed by atoms with E-state index in [9.17, 15) is 14.4 Å². The third kappa shape index (κ3) is 3.30. The number of hydrogen-bond donors (Lipinski definition) is 1. The van der Waals surface area contributed by atoms with Crippen molar-refractivity contribution in [2.45, 2.75) is 39.2 Å². The molecule has 0 fully saturated rings. The van der Waals surface area contributed by atoms with E-state index in [2.05, 4.69) is 10.3 Å². The molecular weight excluding hydrogens is 362 g/mol. The molecule has 1 aromatic carbocycles. The summed E-state index contributed by atoms with van der Waals surface area (Å²) in [6.07, 6.45) is 5.55. The van der Waals surface area contributed by atoms with Gasteiger partial charge in [0.2, 0.25) is 5.91 Å². The topological polar surface area (TPSA) is 81.1 Å². The van der Waals surface area contributed by atoms with E-state index in [-0.39, 0.29) is 23.8 Å². The van der Waals surface area contributed by atoms with Gasteiger partial charge in [-0.05, 0) is 50.3 Å². The smallest absolute Gasteiger partial charge is 0.262 e. The number of aryl methyl sites for hydroxylation is 2. The van der Waals surface area contributed by atoms with E-state index < -0.39 is 0 Å². The fraction of sp³-hybridized carbons (Fsp3) is 0.300. The van der Waals surface area contributed by atoms with E-state index in [4.69, 9.17) is 0 Å². The van der Waals surface area contributed by atoms with Gasteiger partial charge in [0, 0.05) is 10.4 Å². The molecule has 2 heterocycles. The number of nitrogens with one attached hydrogen (secondary N) is 1. The number of carbonyl (C=O) groups is 2. The Bertz CT molecular complexity index is 1110. The van der Waals surface area contributed by atoms with Crippen LogP contribution in [-0.2, 0) is 24.2 Å². The predicted octanol–water partition coefficient (Wildman–Crippen LogP) is 3.18. The zero-order valence-electron chi connectivity index (χ0n) is 14.9. The molecular formula is C20H19N3O3S. The molecule has 0 saturated heterocycles. The van der Waals surface area contributed by atoms with Crippen LogP contribution in [0, 0.1) is 0 Å². The van der Waals surface area contributed by atoms with Crippen LogP contribution in [-0.4, -0.2) is 21.2 Å². The van der Waals surface area contributed by atoms with Crippen molar-refractivity contribution in [2.75, 3.05) is 5.32 Å². The van der Waals surface area contributed by atoms with E-state index >= 15 is 0 Å². The highest BCUT2D eigenvalue weighted by molar-refractivity contribution is 7.18. The number of benzene rings is 1. The summed E-state index contributed by atoms with van der Waals surface area (Å²) in [4.78, 5) is 43.5. The molecule has 138 valence electrons. The van der Waals surface area contributed by atoms with Crippen molar-refractivity contribution in [3.05, 3.63) is 57.0 Å². The van der Waals surface area contributed by atoms with Gasteiger partial charge in [0.1, 0.15) is 11.4 Å². The number of hydrogen-bond acceptors (Lipinski definition) is 5. The molecule has 2 aromatic heterocycles. The first-order chi connectivity index (χ1) is 13.0. The Labute approximate surface area is 159 Å². The zero-order chi connectivity index (χ0) is 19.0. The average Bonchev–Trinajstić information content (AvgIpc) is 3.03. The minimum absolute atomic E-state index is 0.129. The fourth-order valence-corrected chi connectivity index (χ4v) is 4.76. The monoisotopic (exact) mass is 381 g/mol. The van der Waals surface area contributed by atoms with Gasteiger partial charge in [0.05, 0.1) is 17.4 Å². The van der Waals surface area contributed by atoms with Crippen molar-refractivity contribution < 1.29 is 9.59 Å². The molecule has 1 N–H and O–H groups in total. The van der Waals surface area contributed by atoms with Crippen molar-refractivity contribution >= 4 is 38.9 Å². The first kappa shape index (κ1) is 17.6. The Morgan fingerprint density at radius 2 is 2.00 bits per heavy atom. The number of nitrogens with zero attached hydrogens (tertiary/aromatic N) is 2. The number of fused-ring (bicyclic) bond motifs is 3. The molecule has 0 atom stereocenters. The number of ketones is 1. The molecule has 3 aromatic rings. The minimum Gasteiger partial charge on any atom is -0.324 e. The first-order valence-corrected chi connectivity index (χ1v) is 9.75. The van der Waals surface area contributed by atoms with Gasteiger partial charge in [-0.2, -0.15) is 0 Å². The molecule has 0 aliphatic heterocycles. The van der Waals surface area contributed by atoms with Crippen LogP contribution in [0.3, 0.4) is 0 Å². The lowest BCUT2D eigenvalue weighted by Crippen LogP contribution is -2.28. The molecule has 1 aliphatic rings. The number of thiophene rings is 1. The van der Waals surface area contributed by atoms with Crippen LogP contribution >= 0.6 is 11.3 Å². The van der Waals surface area contributed by atoms with Gasteiger partial charge in [-0.3, -0.25) is 19.0 Å². The summed E-state index contributed by atoms with van der Waals surface area (Å²) in [5, 5.41) is 3.39. The van der Waals surface area contributed by atoms with Crippen molar-refractivity contribution in [3.8, 4) is 0 Å². The van der Waals surface area contributed by atoms with Crippen molar-refractivity contribution in [2.24, 2.45) is 0 Å². The van der Waals surface area contributed by atoms with Crippen molar-refractivity contribution in [1.82, 2.24) is 9.55 Å². The molecule has 0 unspecified atom stereocenters. The van der Waals surface area contributed by atoms with Gasteiger partial charge in [0.15, 0.2) is 5.78 Å². The van der Waals surface area contributed by atoms with E-state index in [0.717, 1.165) is 36.1 Å². The van der Waals surface area contributed by atoms with Gasteiger partial charge in [-0.25, -0.2) is 4.98 Å². The normalized spacial score (nSPS) is 13.4. The van der Waals surface area contributed by atoms with Crippen molar-refractivity contribution in [1.29, 1.82) is 0 Å². The number of carbonyl (C=O) groups excluding carboxylic acids is 2. The highest BCUT2D eigenvalue weighted by atomic mass is 32.1.